The Morgan fingerprint density at radius 3 is 2.71 bits per heavy atom. The molecule has 2 rings (SSSR count). The third-order valence-corrected chi connectivity index (χ3v) is 2.93. The average Bonchev–Trinajstić information content (AvgIpc) is 2.74. The minimum atomic E-state index is -0.490. The molecule has 1 spiro atoms. The SMILES string of the molecule is COC1C=CC2(CCC(C(C)C)O2)O1. The predicted octanol–water partition coefficient (Wildman–Crippen LogP) is 2.08. The van der Waals surface area contributed by atoms with Crippen molar-refractivity contribution < 1.29 is 14.2 Å². The van der Waals surface area contributed by atoms with E-state index in [1.54, 1.807) is 7.11 Å². The molecule has 0 aliphatic carbocycles. The van der Waals surface area contributed by atoms with E-state index in [0.717, 1.165) is 12.8 Å². The maximum Gasteiger partial charge on any atom is 0.191 e. The molecule has 0 aromatic rings. The fourth-order valence-electron chi connectivity index (χ4n) is 2.02. The van der Waals surface area contributed by atoms with Gasteiger partial charge in [-0.2, -0.15) is 0 Å². The van der Waals surface area contributed by atoms with E-state index in [9.17, 15) is 0 Å². The van der Waals surface area contributed by atoms with Crippen LogP contribution < -0.4 is 0 Å². The van der Waals surface area contributed by atoms with Gasteiger partial charge in [0.1, 0.15) is 0 Å². The molecule has 2 aliphatic heterocycles. The van der Waals surface area contributed by atoms with Gasteiger partial charge in [0.2, 0.25) is 0 Å². The van der Waals surface area contributed by atoms with Crippen molar-refractivity contribution in [2.45, 2.75) is 44.9 Å². The summed E-state index contributed by atoms with van der Waals surface area (Å²) >= 11 is 0. The first-order valence-corrected chi connectivity index (χ1v) is 5.23. The fourth-order valence-corrected chi connectivity index (χ4v) is 2.02. The van der Waals surface area contributed by atoms with E-state index < -0.39 is 5.79 Å². The second-order valence-corrected chi connectivity index (χ2v) is 4.33. The second-order valence-electron chi connectivity index (χ2n) is 4.33. The van der Waals surface area contributed by atoms with Gasteiger partial charge in [-0.1, -0.05) is 13.8 Å². The lowest BCUT2D eigenvalue weighted by Gasteiger charge is -2.25. The topological polar surface area (TPSA) is 27.7 Å². The molecule has 14 heavy (non-hydrogen) atoms. The van der Waals surface area contributed by atoms with Gasteiger partial charge in [0.25, 0.3) is 0 Å². The van der Waals surface area contributed by atoms with Crippen LogP contribution in [0, 0.1) is 5.92 Å². The predicted molar refractivity (Wildman–Crippen MR) is 52.7 cm³/mol. The molecule has 2 aliphatic rings. The zero-order valence-electron chi connectivity index (χ0n) is 9.03. The van der Waals surface area contributed by atoms with Crippen molar-refractivity contribution in [2.75, 3.05) is 7.11 Å². The molecule has 0 N–H and O–H groups in total. The normalized spacial score (nSPS) is 41.7. The van der Waals surface area contributed by atoms with Crippen LogP contribution in [0.3, 0.4) is 0 Å². The maximum absolute atomic E-state index is 5.91. The van der Waals surface area contributed by atoms with Gasteiger partial charge in [-0.25, -0.2) is 0 Å². The molecule has 0 aromatic carbocycles. The Hall–Kier alpha value is -0.380. The van der Waals surface area contributed by atoms with E-state index in [-0.39, 0.29) is 6.29 Å². The van der Waals surface area contributed by atoms with Gasteiger partial charge in [0.05, 0.1) is 6.10 Å². The Kier molecular flexibility index (Phi) is 2.64. The smallest absolute Gasteiger partial charge is 0.191 e. The highest BCUT2D eigenvalue weighted by molar-refractivity contribution is 5.07. The van der Waals surface area contributed by atoms with Crippen LogP contribution >= 0.6 is 0 Å². The van der Waals surface area contributed by atoms with Crippen LogP contribution in [0.4, 0.5) is 0 Å². The fraction of sp³-hybridized carbons (Fsp3) is 0.818. The molecule has 80 valence electrons. The molecule has 3 heteroatoms. The van der Waals surface area contributed by atoms with E-state index in [4.69, 9.17) is 14.2 Å². The first-order chi connectivity index (χ1) is 6.65. The van der Waals surface area contributed by atoms with E-state index in [0.29, 0.717) is 12.0 Å². The van der Waals surface area contributed by atoms with Crippen molar-refractivity contribution in [2.24, 2.45) is 5.92 Å². The summed E-state index contributed by atoms with van der Waals surface area (Å²) in [4.78, 5) is 0. The molecule has 1 saturated heterocycles. The molecule has 2 heterocycles. The van der Waals surface area contributed by atoms with Crippen LogP contribution in [0.2, 0.25) is 0 Å². The molecule has 0 saturated carbocycles. The van der Waals surface area contributed by atoms with Crippen molar-refractivity contribution in [1.29, 1.82) is 0 Å². The third kappa shape index (κ3) is 1.72. The molecule has 3 unspecified atom stereocenters. The van der Waals surface area contributed by atoms with Gasteiger partial charge in [0.15, 0.2) is 12.1 Å². The lowest BCUT2D eigenvalue weighted by atomic mass is 10.0. The molecule has 1 fully saturated rings. The molecule has 3 nitrogen and oxygen atoms in total. The lowest BCUT2D eigenvalue weighted by Crippen LogP contribution is -2.31. The first-order valence-electron chi connectivity index (χ1n) is 5.23. The van der Waals surface area contributed by atoms with Gasteiger partial charge < -0.3 is 14.2 Å². The quantitative estimate of drug-likeness (QED) is 0.636. The lowest BCUT2D eigenvalue weighted by molar-refractivity contribution is -0.247. The number of ether oxygens (including phenoxy) is 3. The van der Waals surface area contributed by atoms with Crippen LogP contribution in [0.25, 0.3) is 0 Å². The summed E-state index contributed by atoms with van der Waals surface area (Å²) in [5.41, 5.74) is 0. The Labute approximate surface area is 85.0 Å². The first kappa shape index (κ1) is 10.1. The van der Waals surface area contributed by atoms with Crippen molar-refractivity contribution in [3.8, 4) is 0 Å². The number of methoxy groups -OCH3 is 1. The molecular weight excluding hydrogens is 180 g/mol. The largest absolute Gasteiger partial charge is 0.352 e. The van der Waals surface area contributed by atoms with Gasteiger partial charge in [-0.3, -0.25) is 0 Å². The number of hydrogen-bond donors (Lipinski definition) is 0. The Morgan fingerprint density at radius 2 is 2.21 bits per heavy atom. The Balaban J connectivity index is 1.98. The average molecular weight is 198 g/mol. The zero-order valence-corrected chi connectivity index (χ0v) is 9.03. The molecule has 0 radical (unpaired) electrons. The molecule has 3 atom stereocenters. The summed E-state index contributed by atoms with van der Waals surface area (Å²) in [6.07, 6.45) is 5.99. The zero-order chi connectivity index (χ0) is 10.2. The van der Waals surface area contributed by atoms with Crippen LogP contribution in [-0.4, -0.2) is 25.3 Å². The summed E-state index contributed by atoms with van der Waals surface area (Å²) in [5, 5.41) is 0. The highest BCUT2D eigenvalue weighted by atomic mass is 16.8. The van der Waals surface area contributed by atoms with E-state index in [1.807, 2.05) is 12.2 Å². The van der Waals surface area contributed by atoms with Gasteiger partial charge in [-0.15, -0.1) is 0 Å². The monoisotopic (exact) mass is 198 g/mol. The van der Waals surface area contributed by atoms with Crippen molar-refractivity contribution >= 4 is 0 Å². The van der Waals surface area contributed by atoms with Crippen LogP contribution in [0.5, 0.6) is 0 Å². The van der Waals surface area contributed by atoms with Crippen LogP contribution in [0.1, 0.15) is 26.7 Å². The van der Waals surface area contributed by atoms with E-state index in [1.165, 1.54) is 0 Å². The molecular formula is C11H18O3. The number of rotatable bonds is 2. The van der Waals surface area contributed by atoms with Crippen molar-refractivity contribution in [3.05, 3.63) is 12.2 Å². The maximum atomic E-state index is 5.91. The summed E-state index contributed by atoms with van der Waals surface area (Å²) < 4.78 is 16.7. The van der Waals surface area contributed by atoms with Crippen molar-refractivity contribution in [3.63, 3.8) is 0 Å². The highest BCUT2D eigenvalue weighted by Crippen LogP contribution is 2.39. The highest BCUT2D eigenvalue weighted by Gasteiger charge is 2.44. The molecule has 0 aromatic heterocycles. The summed E-state index contributed by atoms with van der Waals surface area (Å²) in [7, 11) is 1.64. The van der Waals surface area contributed by atoms with E-state index in [2.05, 4.69) is 13.8 Å². The Bertz CT molecular complexity index is 237. The van der Waals surface area contributed by atoms with Gasteiger partial charge in [-0.05, 0) is 24.5 Å². The van der Waals surface area contributed by atoms with Crippen LogP contribution in [-0.2, 0) is 14.2 Å². The Morgan fingerprint density at radius 1 is 1.43 bits per heavy atom. The van der Waals surface area contributed by atoms with Crippen LogP contribution in [0.15, 0.2) is 12.2 Å². The number of hydrogen-bond acceptors (Lipinski definition) is 3. The summed E-state index contributed by atoms with van der Waals surface area (Å²) in [6.45, 7) is 4.35. The molecule has 0 bridgehead atoms. The minimum absolute atomic E-state index is 0.235. The third-order valence-electron chi connectivity index (χ3n) is 2.93. The minimum Gasteiger partial charge on any atom is -0.352 e. The van der Waals surface area contributed by atoms with Gasteiger partial charge in [0, 0.05) is 13.5 Å². The standard InChI is InChI=1S/C11H18O3/c1-8(2)9-4-6-11(13-9)7-5-10(12-3)14-11/h5,7-10H,4,6H2,1-3H3. The summed E-state index contributed by atoms with van der Waals surface area (Å²) in [5.74, 6) is 0.0586. The summed E-state index contributed by atoms with van der Waals surface area (Å²) in [6, 6.07) is 0. The van der Waals surface area contributed by atoms with Gasteiger partial charge >= 0.3 is 0 Å². The van der Waals surface area contributed by atoms with Crippen molar-refractivity contribution in [1.82, 2.24) is 0 Å². The van der Waals surface area contributed by atoms with E-state index >= 15 is 0 Å². The molecule has 0 amide bonds. The second kappa shape index (κ2) is 3.65.